The van der Waals surface area contributed by atoms with E-state index in [-0.39, 0.29) is 0 Å². The molecular formula is C14H13NS. The number of thioether (sulfide) groups is 1. The average Bonchev–Trinajstić information content (AvgIpc) is 2.38. The number of benzene rings is 1. The lowest BCUT2D eigenvalue weighted by Crippen LogP contribution is -1.74. The van der Waals surface area contributed by atoms with E-state index in [9.17, 15) is 0 Å². The van der Waals surface area contributed by atoms with Gasteiger partial charge in [-0.25, -0.2) is 0 Å². The van der Waals surface area contributed by atoms with Gasteiger partial charge in [0.1, 0.15) is 0 Å². The molecule has 0 radical (unpaired) electrons. The molecule has 0 amide bonds. The predicted octanol–water partition coefficient (Wildman–Crippen LogP) is 3.97. The molecule has 2 rings (SSSR count). The van der Waals surface area contributed by atoms with Crippen LogP contribution in [0, 0.1) is 0 Å². The lowest BCUT2D eigenvalue weighted by atomic mass is 10.1. The molecule has 0 aliphatic carbocycles. The lowest BCUT2D eigenvalue weighted by Gasteiger charge is -1.97. The van der Waals surface area contributed by atoms with Crippen molar-refractivity contribution in [3.05, 3.63) is 59.9 Å². The molecule has 0 saturated heterocycles. The molecule has 1 aromatic carbocycles. The van der Waals surface area contributed by atoms with Crippen molar-refractivity contribution in [3.63, 3.8) is 0 Å². The molecule has 0 aliphatic rings. The Labute approximate surface area is 100 Å². The summed E-state index contributed by atoms with van der Waals surface area (Å²) in [6.45, 7) is 0. The molecule has 16 heavy (non-hydrogen) atoms. The Balaban J connectivity index is 2.12. The third kappa shape index (κ3) is 2.97. The van der Waals surface area contributed by atoms with Crippen LogP contribution in [0.1, 0.15) is 11.1 Å². The summed E-state index contributed by atoms with van der Waals surface area (Å²) in [7, 11) is 0. The summed E-state index contributed by atoms with van der Waals surface area (Å²) in [5, 5.41) is 0. The maximum absolute atomic E-state index is 3.99. The molecule has 1 aromatic heterocycles. The maximum Gasteiger partial charge on any atom is 0.0273 e. The number of pyridine rings is 1. The second-order valence-electron chi connectivity index (χ2n) is 3.39. The van der Waals surface area contributed by atoms with Crippen LogP contribution in [0.3, 0.4) is 0 Å². The molecule has 2 aromatic rings. The van der Waals surface area contributed by atoms with Gasteiger partial charge in [0.25, 0.3) is 0 Å². The van der Waals surface area contributed by atoms with Crippen LogP contribution >= 0.6 is 11.8 Å². The molecule has 2 heteroatoms. The minimum atomic E-state index is 1.17. The Kier molecular flexibility index (Phi) is 3.78. The van der Waals surface area contributed by atoms with Crippen LogP contribution in [0.25, 0.3) is 12.2 Å². The number of hydrogen-bond acceptors (Lipinski definition) is 2. The summed E-state index contributed by atoms with van der Waals surface area (Å²) in [4.78, 5) is 5.28. The summed E-state index contributed by atoms with van der Waals surface area (Å²) in [5.74, 6) is 0. The van der Waals surface area contributed by atoms with Crippen molar-refractivity contribution in [1.82, 2.24) is 4.98 Å². The molecule has 0 spiro atoms. The fourth-order valence-corrected chi connectivity index (χ4v) is 1.79. The van der Waals surface area contributed by atoms with Gasteiger partial charge in [-0.2, -0.15) is 0 Å². The Hall–Kier alpha value is -1.54. The first-order valence-electron chi connectivity index (χ1n) is 5.10. The van der Waals surface area contributed by atoms with Gasteiger partial charge >= 0.3 is 0 Å². The van der Waals surface area contributed by atoms with E-state index in [1.54, 1.807) is 24.2 Å². The van der Waals surface area contributed by atoms with Gasteiger partial charge in [0.2, 0.25) is 0 Å². The molecule has 1 heterocycles. The maximum atomic E-state index is 3.99. The van der Waals surface area contributed by atoms with Crippen molar-refractivity contribution in [2.45, 2.75) is 4.90 Å². The van der Waals surface area contributed by atoms with Gasteiger partial charge in [0.15, 0.2) is 0 Å². The first-order valence-corrected chi connectivity index (χ1v) is 6.33. The van der Waals surface area contributed by atoms with Crippen molar-refractivity contribution in [3.8, 4) is 0 Å². The van der Waals surface area contributed by atoms with Gasteiger partial charge in [0.05, 0.1) is 0 Å². The van der Waals surface area contributed by atoms with Crippen LogP contribution in [0.15, 0.2) is 53.7 Å². The van der Waals surface area contributed by atoms with Crippen molar-refractivity contribution in [1.29, 1.82) is 0 Å². The van der Waals surface area contributed by atoms with E-state index in [0.29, 0.717) is 0 Å². The second-order valence-corrected chi connectivity index (χ2v) is 4.27. The van der Waals surface area contributed by atoms with E-state index in [1.807, 2.05) is 12.1 Å². The van der Waals surface area contributed by atoms with E-state index in [2.05, 4.69) is 47.7 Å². The SMILES string of the molecule is CSc1ccc(/C=C/c2ccncc2)cc1. The largest absolute Gasteiger partial charge is 0.265 e. The van der Waals surface area contributed by atoms with E-state index in [4.69, 9.17) is 0 Å². The lowest BCUT2D eigenvalue weighted by molar-refractivity contribution is 1.32. The molecule has 0 unspecified atom stereocenters. The fraction of sp³-hybridized carbons (Fsp3) is 0.0714. The summed E-state index contributed by atoms with van der Waals surface area (Å²) in [6, 6.07) is 12.5. The molecule has 1 nitrogen and oxygen atoms in total. The minimum Gasteiger partial charge on any atom is -0.265 e. The first-order chi connectivity index (χ1) is 7.88. The topological polar surface area (TPSA) is 12.9 Å². The van der Waals surface area contributed by atoms with Crippen LogP contribution in [0.2, 0.25) is 0 Å². The molecule has 0 aliphatic heterocycles. The van der Waals surface area contributed by atoms with Crippen LogP contribution in [-0.4, -0.2) is 11.2 Å². The fourth-order valence-electron chi connectivity index (χ4n) is 1.38. The predicted molar refractivity (Wildman–Crippen MR) is 71.4 cm³/mol. The molecule has 0 saturated carbocycles. The summed E-state index contributed by atoms with van der Waals surface area (Å²) in [5.41, 5.74) is 2.39. The zero-order valence-electron chi connectivity index (χ0n) is 9.13. The van der Waals surface area contributed by atoms with E-state index in [1.165, 1.54) is 16.0 Å². The van der Waals surface area contributed by atoms with E-state index < -0.39 is 0 Å². The zero-order valence-corrected chi connectivity index (χ0v) is 9.95. The first kappa shape index (κ1) is 11.0. The third-order valence-corrected chi connectivity index (χ3v) is 3.03. The highest BCUT2D eigenvalue weighted by atomic mass is 32.2. The highest BCUT2D eigenvalue weighted by Crippen LogP contribution is 2.16. The smallest absolute Gasteiger partial charge is 0.0273 e. The van der Waals surface area contributed by atoms with E-state index >= 15 is 0 Å². The van der Waals surface area contributed by atoms with Gasteiger partial charge in [-0.3, -0.25) is 4.98 Å². The number of hydrogen-bond donors (Lipinski definition) is 0. The third-order valence-electron chi connectivity index (χ3n) is 2.29. The van der Waals surface area contributed by atoms with Crippen LogP contribution < -0.4 is 0 Å². The molecule has 0 bridgehead atoms. The van der Waals surface area contributed by atoms with Gasteiger partial charge in [0, 0.05) is 17.3 Å². The number of rotatable bonds is 3. The van der Waals surface area contributed by atoms with Crippen molar-refractivity contribution in [2.24, 2.45) is 0 Å². The minimum absolute atomic E-state index is 1.17. The number of aromatic nitrogens is 1. The normalized spacial score (nSPS) is 10.8. The highest BCUT2D eigenvalue weighted by molar-refractivity contribution is 7.98. The summed E-state index contributed by atoms with van der Waals surface area (Å²) in [6.07, 6.45) is 9.89. The average molecular weight is 227 g/mol. The van der Waals surface area contributed by atoms with Crippen molar-refractivity contribution in [2.75, 3.05) is 6.26 Å². The number of nitrogens with zero attached hydrogens (tertiary/aromatic N) is 1. The van der Waals surface area contributed by atoms with Crippen LogP contribution in [-0.2, 0) is 0 Å². The summed E-state index contributed by atoms with van der Waals surface area (Å²) >= 11 is 1.76. The quantitative estimate of drug-likeness (QED) is 0.736. The molecule has 80 valence electrons. The van der Waals surface area contributed by atoms with Gasteiger partial charge in [-0.1, -0.05) is 24.3 Å². The molecule has 0 atom stereocenters. The Morgan fingerprint density at radius 2 is 1.44 bits per heavy atom. The Bertz CT molecular complexity index is 460. The monoisotopic (exact) mass is 227 g/mol. The summed E-state index contributed by atoms with van der Waals surface area (Å²) < 4.78 is 0. The Morgan fingerprint density at radius 3 is 2.00 bits per heavy atom. The van der Waals surface area contributed by atoms with Gasteiger partial charge < -0.3 is 0 Å². The second kappa shape index (κ2) is 5.52. The van der Waals surface area contributed by atoms with Gasteiger partial charge in [-0.05, 0) is 41.6 Å². The van der Waals surface area contributed by atoms with Gasteiger partial charge in [-0.15, -0.1) is 11.8 Å². The van der Waals surface area contributed by atoms with Crippen LogP contribution in [0.4, 0.5) is 0 Å². The molecular weight excluding hydrogens is 214 g/mol. The van der Waals surface area contributed by atoms with Crippen molar-refractivity contribution < 1.29 is 0 Å². The Morgan fingerprint density at radius 1 is 0.875 bits per heavy atom. The highest BCUT2D eigenvalue weighted by Gasteiger charge is 1.89. The molecule has 0 N–H and O–H groups in total. The molecule has 0 fully saturated rings. The van der Waals surface area contributed by atoms with Crippen LogP contribution in [0.5, 0.6) is 0 Å². The van der Waals surface area contributed by atoms with Crippen molar-refractivity contribution >= 4 is 23.9 Å². The van der Waals surface area contributed by atoms with E-state index in [0.717, 1.165) is 0 Å². The zero-order chi connectivity index (χ0) is 11.2. The standard InChI is InChI=1S/C14H13NS/c1-16-14-6-4-12(5-7-14)2-3-13-8-10-15-11-9-13/h2-11H,1H3/b3-2+.